The first-order valence-electron chi connectivity index (χ1n) is 7.68. The van der Waals surface area contributed by atoms with Gasteiger partial charge in [-0.1, -0.05) is 13.0 Å². The zero-order chi connectivity index (χ0) is 13.7. The minimum atomic E-state index is -0.199. The summed E-state index contributed by atoms with van der Waals surface area (Å²) < 4.78 is 16.2. The van der Waals surface area contributed by atoms with E-state index in [4.69, 9.17) is 0 Å². The Hall–Kier alpha value is -1.42. The lowest BCUT2D eigenvalue weighted by molar-refractivity contribution is 0.467. The molecule has 3 heterocycles. The molecule has 1 aromatic heterocycles. The number of para-hydroxylation sites is 1. The third kappa shape index (κ3) is 1.71. The molecule has 4 rings (SSSR count). The molecule has 106 valence electrons. The Morgan fingerprint density at radius 1 is 1.40 bits per heavy atom. The second kappa shape index (κ2) is 4.55. The molecule has 3 atom stereocenters. The summed E-state index contributed by atoms with van der Waals surface area (Å²) in [7, 11) is 0. The molecule has 3 unspecified atom stereocenters. The van der Waals surface area contributed by atoms with E-state index in [1.54, 1.807) is 6.07 Å². The van der Waals surface area contributed by atoms with Gasteiger partial charge in [0.2, 0.25) is 0 Å². The number of aryl methyl sites for hydroxylation is 1. The number of nitrogens with zero attached hydrogens (tertiary/aromatic N) is 2. The van der Waals surface area contributed by atoms with Gasteiger partial charge in [-0.2, -0.15) is 0 Å². The van der Waals surface area contributed by atoms with E-state index in [9.17, 15) is 4.39 Å². The molecule has 3 nitrogen and oxygen atoms in total. The summed E-state index contributed by atoms with van der Waals surface area (Å²) >= 11 is 0. The van der Waals surface area contributed by atoms with E-state index < -0.39 is 0 Å². The summed E-state index contributed by atoms with van der Waals surface area (Å²) in [5.74, 6) is 1.34. The summed E-state index contributed by atoms with van der Waals surface area (Å²) in [6.07, 6.45) is 4.71. The number of imidazole rings is 1. The number of hydrogen-bond donors (Lipinski definition) is 1. The van der Waals surface area contributed by atoms with Crippen LogP contribution in [0.2, 0.25) is 0 Å². The van der Waals surface area contributed by atoms with Crippen LogP contribution in [0, 0.1) is 5.82 Å². The molecule has 1 N–H and O–H groups in total. The summed E-state index contributed by atoms with van der Waals surface area (Å²) in [6.45, 7) is 3.08. The van der Waals surface area contributed by atoms with E-state index >= 15 is 0 Å². The standard InChI is InChI=1S/C16H20FN3/c1-2-8-20-14-5-3-4-12(17)15(14)19-16(20)11-9-10-6-7-13(11)18-10/h3-5,10-11,13,18H,2,6-9H2,1H3. The Balaban J connectivity index is 1.85. The fraction of sp³-hybridized carbons (Fsp3) is 0.562. The number of benzene rings is 1. The maximum atomic E-state index is 14.0. The van der Waals surface area contributed by atoms with Crippen LogP contribution in [0.3, 0.4) is 0 Å². The monoisotopic (exact) mass is 273 g/mol. The number of aromatic nitrogens is 2. The summed E-state index contributed by atoms with van der Waals surface area (Å²) in [6, 6.07) is 6.47. The Labute approximate surface area is 118 Å². The minimum absolute atomic E-state index is 0.199. The van der Waals surface area contributed by atoms with Crippen LogP contribution in [0.5, 0.6) is 0 Å². The fourth-order valence-corrected chi connectivity index (χ4v) is 3.98. The topological polar surface area (TPSA) is 29.9 Å². The smallest absolute Gasteiger partial charge is 0.151 e. The number of rotatable bonds is 3. The minimum Gasteiger partial charge on any atom is -0.328 e. The van der Waals surface area contributed by atoms with Gasteiger partial charge in [0.25, 0.3) is 0 Å². The van der Waals surface area contributed by atoms with Gasteiger partial charge in [-0.25, -0.2) is 9.37 Å². The third-order valence-electron chi connectivity index (χ3n) is 4.84. The highest BCUT2D eigenvalue weighted by molar-refractivity contribution is 5.76. The second-order valence-electron chi connectivity index (χ2n) is 6.12. The molecule has 0 spiro atoms. The van der Waals surface area contributed by atoms with Crippen molar-refractivity contribution in [2.75, 3.05) is 0 Å². The molecule has 4 heteroatoms. The first-order chi connectivity index (χ1) is 9.78. The van der Waals surface area contributed by atoms with Crippen LogP contribution in [0.15, 0.2) is 18.2 Å². The zero-order valence-electron chi connectivity index (χ0n) is 11.8. The molecule has 2 aliphatic rings. The quantitative estimate of drug-likeness (QED) is 0.930. The van der Waals surface area contributed by atoms with Gasteiger partial charge < -0.3 is 9.88 Å². The molecule has 2 aliphatic heterocycles. The van der Waals surface area contributed by atoms with Crippen molar-refractivity contribution in [2.24, 2.45) is 0 Å². The molecule has 0 radical (unpaired) electrons. The summed E-state index contributed by atoms with van der Waals surface area (Å²) in [5, 5.41) is 3.66. The predicted molar refractivity (Wildman–Crippen MR) is 77.3 cm³/mol. The Kier molecular flexibility index (Phi) is 2.81. The Morgan fingerprint density at radius 2 is 2.30 bits per heavy atom. The van der Waals surface area contributed by atoms with Gasteiger partial charge in [0.15, 0.2) is 5.82 Å². The first kappa shape index (κ1) is 12.3. The van der Waals surface area contributed by atoms with Gasteiger partial charge in [0.1, 0.15) is 11.3 Å². The van der Waals surface area contributed by atoms with Crippen molar-refractivity contribution < 1.29 is 4.39 Å². The molecule has 0 aliphatic carbocycles. The highest BCUT2D eigenvalue weighted by Crippen LogP contribution is 2.40. The third-order valence-corrected chi connectivity index (χ3v) is 4.84. The first-order valence-corrected chi connectivity index (χ1v) is 7.68. The van der Waals surface area contributed by atoms with E-state index in [-0.39, 0.29) is 5.82 Å². The number of fused-ring (bicyclic) bond motifs is 3. The molecule has 1 aromatic carbocycles. The van der Waals surface area contributed by atoms with Crippen LogP contribution in [0.1, 0.15) is 44.3 Å². The van der Waals surface area contributed by atoms with Gasteiger partial charge in [0.05, 0.1) is 5.52 Å². The summed E-state index contributed by atoms with van der Waals surface area (Å²) in [4.78, 5) is 4.68. The van der Waals surface area contributed by atoms with Crippen molar-refractivity contribution in [3.05, 3.63) is 29.8 Å². The summed E-state index contributed by atoms with van der Waals surface area (Å²) in [5.41, 5.74) is 1.49. The normalized spacial score (nSPS) is 28.6. The highest BCUT2D eigenvalue weighted by atomic mass is 19.1. The highest BCUT2D eigenvalue weighted by Gasteiger charge is 2.42. The van der Waals surface area contributed by atoms with Gasteiger partial charge in [-0.05, 0) is 37.8 Å². The van der Waals surface area contributed by atoms with E-state index in [2.05, 4.69) is 21.8 Å². The average Bonchev–Trinajstić information content (AvgIpc) is 3.13. The van der Waals surface area contributed by atoms with Crippen LogP contribution in [-0.2, 0) is 6.54 Å². The molecule has 2 fully saturated rings. The van der Waals surface area contributed by atoms with Crippen molar-refractivity contribution in [2.45, 2.75) is 57.2 Å². The lowest BCUT2D eigenvalue weighted by atomic mass is 9.88. The SMILES string of the molecule is CCCn1c(C2CC3CCC2N3)nc2c(F)cccc21. The van der Waals surface area contributed by atoms with Crippen molar-refractivity contribution in [1.29, 1.82) is 0 Å². The lowest BCUT2D eigenvalue weighted by Crippen LogP contribution is -2.23. The van der Waals surface area contributed by atoms with Crippen LogP contribution in [0.4, 0.5) is 4.39 Å². The van der Waals surface area contributed by atoms with Crippen molar-refractivity contribution in [3.8, 4) is 0 Å². The average molecular weight is 273 g/mol. The van der Waals surface area contributed by atoms with Crippen LogP contribution in [0.25, 0.3) is 11.0 Å². The van der Waals surface area contributed by atoms with Crippen molar-refractivity contribution in [3.63, 3.8) is 0 Å². The molecule has 2 bridgehead atoms. The predicted octanol–water partition coefficient (Wildman–Crippen LogP) is 3.19. The number of halogens is 1. The van der Waals surface area contributed by atoms with Crippen LogP contribution < -0.4 is 5.32 Å². The largest absolute Gasteiger partial charge is 0.328 e. The van der Waals surface area contributed by atoms with Gasteiger partial charge >= 0.3 is 0 Å². The van der Waals surface area contributed by atoms with E-state index in [0.717, 1.165) is 30.7 Å². The fourth-order valence-electron chi connectivity index (χ4n) is 3.98. The maximum Gasteiger partial charge on any atom is 0.151 e. The van der Waals surface area contributed by atoms with E-state index in [1.165, 1.54) is 18.9 Å². The van der Waals surface area contributed by atoms with E-state index in [0.29, 0.717) is 23.5 Å². The molecule has 0 saturated carbocycles. The molecule has 2 saturated heterocycles. The van der Waals surface area contributed by atoms with Crippen LogP contribution in [-0.4, -0.2) is 21.6 Å². The molecular weight excluding hydrogens is 253 g/mol. The molecule has 20 heavy (non-hydrogen) atoms. The molecule has 2 aromatic rings. The maximum absolute atomic E-state index is 14.0. The Bertz CT molecular complexity index is 648. The Morgan fingerprint density at radius 3 is 3.00 bits per heavy atom. The zero-order valence-corrected chi connectivity index (χ0v) is 11.8. The van der Waals surface area contributed by atoms with Gasteiger partial charge in [-0.3, -0.25) is 0 Å². The lowest BCUT2D eigenvalue weighted by Gasteiger charge is -2.21. The molecule has 0 amide bonds. The van der Waals surface area contributed by atoms with Gasteiger partial charge in [-0.15, -0.1) is 0 Å². The van der Waals surface area contributed by atoms with E-state index in [1.807, 2.05) is 6.07 Å². The van der Waals surface area contributed by atoms with Gasteiger partial charge in [0, 0.05) is 24.5 Å². The van der Waals surface area contributed by atoms with Crippen LogP contribution >= 0.6 is 0 Å². The number of hydrogen-bond acceptors (Lipinski definition) is 2. The van der Waals surface area contributed by atoms with Crippen molar-refractivity contribution >= 4 is 11.0 Å². The molecular formula is C16H20FN3. The van der Waals surface area contributed by atoms with Crippen molar-refractivity contribution in [1.82, 2.24) is 14.9 Å². The second-order valence-corrected chi connectivity index (χ2v) is 6.12. The number of nitrogens with one attached hydrogen (secondary N) is 1.